The summed E-state index contributed by atoms with van der Waals surface area (Å²) in [6, 6.07) is 3.86. The van der Waals surface area contributed by atoms with Gasteiger partial charge < -0.3 is 10.1 Å². The second kappa shape index (κ2) is 8.30. The Bertz CT molecular complexity index is 667. The number of esters is 1. The Balaban J connectivity index is 0.00000264. The molecule has 130 valence electrons. The molecule has 1 saturated heterocycles. The Morgan fingerprint density at radius 2 is 2.13 bits per heavy atom. The molecule has 1 fully saturated rings. The van der Waals surface area contributed by atoms with Gasteiger partial charge in [-0.3, -0.25) is 0 Å². The van der Waals surface area contributed by atoms with E-state index in [0.29, 0.717) is 0 Å². The van der Waals surface area contributed by atoms with Crippen LogP contribution in [0.15, 0.2) is 23.1 Å². The van der Waals surface area contributed by atoms with Crippen LogP contribution in [0.3, 0.4) is 0 Å². The number of halogens is 2. The van der Waals surface area contributed by atoms with Crippen LogP contribution in [-0.4, -0.2) is 40.1 Å². The van der Waals surface area contributed by atoms with E-state index in [4.69, 9.17) is 11.6 Å². The average molecular weight is 383 g/mol. The first-order valence-electron chi connectivity index (χ1n) is 6.98. The number of nitrogens with one attached hydrogen (secondary N) is 2. The minimum Gasteiger partial charge on any atom is -0.465 e. The molecule has 0 saturated carbocycles. The van der Waals surface area contributed by atoms with Crippen molar-refractivity contribution in [1.29, 1.82) is 0 Å². The standard InChI is InChI=1S/C14H19ClN2O4S.ClH/c1-9-13(4-3-7-16-9)17-22(19,20)10-5-6-11(12(15)8-10)14(18)21-2;/h5-6,8-9,13,16-17H,3-4,7H2,1-2H3;1H. The number of rotatable bonds is 4. The zero-order valence-corrected chi connectivity index (χ0v) is 15.2. The summed E-state index contributed by atoms with van der Waals surface area (Å²) < 4.78 is 32.1. The highest BCUT2D eigenvalue weighted by atomic mass is 35.5. The Morgan fingerprint density at radius 1 is 1.43 bits per heavy atom. The van der Waals surface area contributed by atoms with E-state index < -0.39 is 16.0 Å². The van der Waals surface area contributed by atoms with E-state index in [1.54, 1.807) is 0 Å². The highest BCUT2D eigenvalue weighted by Crippen LogP contribution is 2.22. The molecule has 2 unspecified atom stereocenters. The molecule has 1 aliphatic rings. The predicted octanol–water partition coefficient (Wildman–Crippen LogP) is 1.97. The second-order valence-electron chi connectivity index (χ2n) is 5.25. The molecule has 0 bridgehead atoms. The van der Waals surface area contributed by atoms with Gasteiger partial charge in [0.2, 0.25) is 10.0 Å². The van der Waals surface area contributed by atoms with Crippen molar-refractivity contribution in [2.45, 2.75) is 36.7 Å². The number of hydrogen-bond donors (Lipinski definition) is 2. The summed E-state index contributed by atoms with van der Waals surface area (Å²) in [6.45, 7) is 2.83. The molecule has 1 aliphatic heterocycles. The highest BCUT2D eigenvalue weighted by molar-refractivity contribution is 7.89. The molecule has 2 atom stereocenters. The molecule has 1 aromatic rings. The normalized spacial score (nSPS) is 21.3. The van der Waals surface area contributed by atoms with Gasteiger partial charge in [0.1, 0.15) is 0 Å². The zero-order chi connectivity index (χ0) is 16.3. The Morgan fingerprint density at radius 3 is 2.70 bits per heavy atom. The molecule has 0 spiro atoms. The molecule has 0 radical (unpaired) electrons. The van der Waals surface area contributed by atoms with Crippen molar-refractivity contribution in [3.8, 4) is 0 Å². The number of carbonyl (C=O) groups excluding carboxylic acids is 1. The quantitative estimate of drug-likeness (QED) is 0.777. The smallest absolute Gasteiger partial charge is 0.339 e. The summed E-state index contributed by atoms with van der Waals surface area (Å²) in [4.78, 5) is 11.5. The van der Waals surface area contributed by atoms with Crippen LogP contribution in [0.25, 0.3) is 0 Å². The van der Waals surface area contributed by atoms with Gasteiger partial charge in [0.25, 0.3) is 0 Å². The van der Waals surface area contributed by atoms with Gasteiger partial charge in [0.05, 0.1) is 22.6 Å². The van der Waals surface area contributed by atoms with E-state index in [9.17, 15) is 13.2 Å². The number of sulfonamides is 1. The number of carbonyl (C=O) groups is 1. The van der Waals surface area contributed by atoms with E-state index >= 15 is 0 Å². The van der Waals surface area contributed by atoms with Gasteiger partial charge in [-0.05, 0) is 44.5 Å². The van der Waals surface area contributed by atoms with Crippen molar-refractivity contribution >= 4 is 40.0 Å². The van der Waals surface area contributed by atoms with Gasteiger partial charge in [-0.25, -0.2) is 17.9 Å². The summed E-state index contributed by atoms with van der Waals surface area (Å²) >= 11 is 5.98. The molecule has 2 rings (SSSR count). The Labute approximate surface area is 147 Å². The predicted molar refractivity (Wildman–Crippen MR) is 90.8 cm³/mol. The van der Waals surface area contributed by atoms with E-state index in [-0.39, 0.29) is 40.0 Å². The molecule has 2 N–H and O–H groups in total. The van der Waals surface area contributed by atoms with Crippen molar-refractivity contribution in [1.82, 2.24) is 10.0 Å². The minimum atomic E-state index is -3.69. The van der Waals surface area contributed by atoms with E-state index in [1.807, 2.05) is 6.92 Å². The Kier molecular flexibility index (Phi) is 7.29. The van der Waals surface area contributed by atoms with Crippen LogP contribution in [0, 0.1) is 0 Å². The van der Waals surface area contributed by atoms with Crippen molar-refractivity contribution in [2.24, 2.45) is 0 Å². The molecule has 6 nitrogen and oxygen atoms in total. The van der Waals surface area contributed by atoms with E-state index in [2.05, 4.69) is 14.8 Å². The largest absolute Gasteiger partial charge is 0.465 e. The fourth-order valence-corrected chi connectivity index (χ4v) is 4.11. The lowest BCUT2D eigenvalue weighted by atomic mass is 10.0. The zero-order valence-electron chi connectivity index (χ0n) is 12.8. The number of benzene rings is 1. The molecule has 0 amide bonds. The van der Waals surface area contributed by atoms with Gasteiger partial charge in [-0.15, -0.1) is 12.4 Å². The van der Waals surface area contributed by atoms with Crippen LogP contribution in [-0.2, 0) is 14.8 Å². The van der Waals surface area contributed by atoms with Crippen LogP contribution in [0.2, 0.25) is 5.02 Å². The SMILES string of the molecule is COC(=O)c1ccc(S(=O)(=O)NC2CCCNC2C)cc1Cl.Cl. The molecule has 1 aromatic carbocycles. The number of methoxy groups -OCH3 is 1. The van der Waals surface area contributed by atoms with Crippen LogP contribution in [0.1, 0.15) is 30.1 Å². The van der Waals surface area contributed by atoms with Gasteiger partial charge in [0, 0.05) is 12.1 Å². The average Bonchev–Trinajstić information content (AvgIpc) is 2.48. The van der Waals surface area contributed by atoms with Crippen molar-refractivity contribution in [3.05, 3.63) is 28.8 Å². The third kappa shape index (κ3) is 4.81. The van der Waals surface area contributed by atoms with Crippen molar-refractivity contribution < 1.29 is 17.9 Å². The Hall–Kier alpha value is -0.860. The lowest BCUT2D eigenvalue weighted by molar-refractivity contribution is 0.0601. The molecule has 1 heterocycles. The first kappa shape index (κ1) is 20.2. The van der Waals surface area contributed by atoms with Gasteiger partial charge in [-0.2, -0.15) is 0 Å². The number of hydrogen-bond acceptors (Lipinski definition) is 5. The first-order chi connectivity index (χ1) is 10.3. The molecule has 0 aromatic heterocycles. The second-order valence-corrected chi connectivity index (χ2v) is 7.37. The summed E-state index contributed by atoms with van der Waals surface area (Å²) in [5.41, 5.74) is 0.135. The number of piperidine rings is 1. The summed E-state index contributed by atoms with van der Waals surface area (Å²) in [5.74, 6) is -0.605. The third-order valence-corrected chi connectivity index (χ3v) is 5.52. The van der Waals surface area contributed by atoms with Crippen LogP contribution < -0.4 is 10.0 Å². The maximum Gasteiger partial charge on any atom is 0.339 e. The van der Waals surface area contributed by atoms with E-state index in [0.717, 1.165) is 19.4 Å². The molecular formula is C14H20Cl2N2O4S. The van der Waals surface area contributed by atoms with Crippen LogP contribution in [0.4, 0.5) is 0 Å². The number of ether oxygens (including phenoxy) is 1. The monoisotopic (exact) mass is 382 g/mol. The molecular weight excluding hydrogens is 363 g/mol. The van der Waals surface area contributed by atoms with Crippen molar-refractivity contribution in [3.63, 3.8) is 0 Å². The fourth-order valence-electron chi connectivity index (χ4n) is 2.41. The van der Waals surface area contributed by atoms with Crippen molar-refractivity contribution in [2.75, 3.05) is 13.7 Å². The summed E-state index contributed by atoms with van der Waals surface area (Å²) in [7, 11) is -2.45. The lowest BCUT2D eigenvalue weighted by Gasteiger charge is -2.30. The lowest BCUT2D eigenvalue weighted by Crippen LogP contribution is -2.51. The molecule has 9 heteroatoms. The topological polar surface area (TPSA) is 84.5 Å². The van der Waals surface area contributed by atoms with Gasteiger partial charge in [0.15, 0.2) is 0 Å². The van der Waals surface area contributed by atoms with Crippen LogP contribution >= 0.6 is 24.0 Å². The third-order valence-electron chi connectivity index (χ3n) is 3.72. The fraction of sp³-hybridized carbons (Fsp3) is 0.500. The maximum absolute atomic E-state index is 12.4. The first-order valence-corrected chi connectivity index (χ1v) is 8.85. The van der Waals surface area contributed by atoms with Gasteiger partial charge in [-0.1, -0.05) is 11.6 Å². The minimum absolute atomic E-state index is 0. The molecule has 0 aliphatic carbocycles. The van der Waals surface area contributed by atoms with Crippen LogP contribution in [0.5, 0.6) is 0 Å². The highest BCUT2D eigenvalue weighted by Gasteiger charge is 2.27. The van der Waals surface area contributed by atoms with Gasteiger partial charge >= 0.3 is 5.97 Å². The maximum atomic E-state index is 12.4. The molecule has 23 heavy (non-hydrogen) atoms. The summed E-state index contributed by atoms with van der Waals surface area (Å²) in [6.07, 6.45) is 1.70. The summed E-state index contributed by atoms with van der Waals surface area (Å²) in [5, 5.41) is 3.28. The van der Waals surface area contributed by atoms with E-state index in [1.165, 1.54) is 25.3 Å².